The van der Waals surface area contributed by atoms with Crippen molar-refractivity contribution in [3.63, 3.8) is 0 Å². The molecule has 0 amide bonds. The molecule has 0 aromatic rings. The third-order valence-electron chi connectivity index (χ3n) is 1.35. The Morgan fingerprint density at radius 1 is 1.75 bits per heavy atom. The Bertz CT molecular complexity index is 78.8. The van der Waals surface area contributed by atoms with Crippen LogP contribution in [0.5, 0.6) is 0 Å². The van der Waals surface area contributed by atoms with Crippen molar-refractivity contribution in [1.29, 1.82) is 0 Å². The van der Waals surface area contributed by atoms with Crippen molar-refractivity contribution in [3.05, 3.63) is 0 Å². The second kappa shape index (κ2) is 2.69. The monoisotopic (exact) mass is 135 g/mol. The summed E-state index contributed by atoms with van der Waals surface area (Å²) in [6, 6.07) is 0. The van der Waals surface area contributed by atoms with E-state index in [0.29, 0.717) is 6.54 Å². The molecule has 1 atom stereocenters. The second-order valence-electron chi connectivity index (χ2n) is 1.96. The second-order valence-corrected chi connectivity index (χ2v) is 2.84. The third-order valence-corrected chi connectivity index (χ3v) is 2.20. The zero-order chi connectivity index (χ0) is 5.98. The minimum atomic E-state index is -0.567. The molecule has 0 saturated carbocycles. The van der Waals surface area contributed by atoms with Gasteiger partial charge in [-0.3, -0.25) is 0 Å². The van der Waals surface area contributed by atoms with Crippen LogP contribution in [0.2, 0.25) is 0 Å². The summed E-state index contributed by atoms with van der Waals surface area (Å²) in [5, 5.41) is 0. The number of hydrogen-bond acceptors (Lipinski definition) is 2. The molecule has 1 aliphatic rings. The van der Waals surface area contributed by atoms with Crippen LogP contribution in [0.25, 0.3) is 0 Å². The molecule has 1 nitrogen and oxygen atoms in total. The molecule has 3 heteroatoms. The highest BCUT2D eigenvalue weighted by Crippen LogP contribution is 2.17. The quantitative estimate of drug-likeness (QED) is 0.499. The summed E-state index contributed by atoms with van der Waals surface area (Å²) < 4.78 is 14.4. The average Bonchev–Trinajstić information content (AvgIpc) is 2.14. The highest BCUT2D eigenvalue weighted by atomic mass is 32.2. The number of halogens is 1. The SMILES string of the molecule is CSN1CC[C@@H](F)C1. The minimum Gasteiger partial charge on any atom is -0.248 e. The van der Waals surface area contributed by atoms with Crippen molar-refractivity contribution in [2.45, 2.75) is 12.6 Å². The Balaban J connectivity index is 2.22. The zero-order valence-corrected chi connectivity index (χ0v) is 5.75. The van der Waals surface area contributed by atoms with Crippen LogP contribution >= 0.6 is 11.9 Å². The molecule has 0 unspecified atom stereocenters. The Kier molecular flexibility index (Phi) is 2.14. The molecule has 0 N–H and O–H groups in total. The number of rotatable bonds is 1. The van der Waals surface area contributed by atoms with Gasteiger partial charge in [-0.1, -0.05) is 11.9 Å². The van der Waals surface area contributed by atoms with Gasteiger partial charge >= 0.3 is 0 Å². The highest BCUT2D eigenvalue weighted by molar-refractivity contribution is 7.96. The highest BCUT2D eigenvalue weighted by Gasteiger charge is 2.20. The van der Waals surface area contributed by atoms with Crippen LogP contribution in [0.3, 0.4) is 0 Å². The van der Waals surface area contributed by atoms with Gasteiger partial charge in [-0.05, 0) is 12.7 Å². The molecule has 8 heavy (non-hydrogen) atoms. The van der Waals surface area contributed by atoms with Crippen molar-refractivity contribution in [2.75, 3.05) is 19.3 Å². The molecule has 48 valence electrons. The molecule has 1 heterocycles. The lowest BCUT2D eigenvalue weighted by Crippen LogP contribution is -2.10. The van der Waals surface area contributed by atoms with Gasteiger partial charge in [0.15, 0.2) is 0 Å². The van der Waals surface area contributed by atoms with Gasteiger partial charge in [0.2, 0.25) is 0 Å². The molecular weight excluding hydrogens is 125 g/mol. The van der Waals surface area contributed by atoms with E-state index >= 15 is 0 Å². The fourth-order valence-corrected chi connectivity index (χ4v) is 1.45. The standard InChI is InChI=1S/C5H10FNS/c1-8-7-3-2-5(6)4-7/h5H,2-4H2,1H3/t5-/m1/s1. The number of hydrogen-bond donors (Lipinski definition) is 0. The molecule has 0 radical (unpaired) electrons. The largest absolute Gasteiger partial charge is 0.248 e. The first-order valence-electron chi connectivity index (χ1n) is 2.76. The Morgan fingerprint density at radius 2 is 2.50 bits per heavy atom. The van der Waals surface area contributed by atoms with Crippen LogP contribution in [0.4, 0.5) is 4.39 Å². The van der Waals surface area contributed by atoms with E-state index < -0.39 is 6.17 Å². The molecule has 0 aromatic heterocycles. The maximum atomic E-state index is 12.3. The van der Waals surface area contributed by atoms with Gasteiger partial charge in [0.1, 0.15) is 6.17 Å². The maximum Gasteiger partial charge on any atom is 0.115 e. The van der Waals surface area contributed by atoms with E-state index in [4.69, 9.17) is 0 Å². The minimum absolute atomic E-state index is 0.567. The first kappa shape index (κ1) is 6.36. The molecule has 1 aliphatic heterocycles. The Labute approximate surface area is 53.4 Å². The summed E-state index contributed by atoms with van der Waals surface area (Å²) in [5.41, 5.74) is 0. The van der Waals surface area contributed by atoms with E-state index in [1.807, 2.05) is 10.6 Å². The summed E-state index contributed by atoms with van der Waals surface area (Å²) in [7, 11) is 0. The van der Waals surface area contributed by atoms with Crippen molar-refractivity contribution >= 4 is 11.9 Å². The summed E-state index contributed by atoms with van der Waals surface area (Å²) in [5.74, 6) is 0. The Hall–Kier alpha value is 0.240. The first-order valence-corrected chi connectivity index (χ1v) is 3.94. The molecule has 0 bridgehead atoms. The fraction of sp³-hybridized carbons (Fsp3) is 1.00. The first-order chi connectivity index (χ1) is 3.83. The van der Waals surface area contributed by atoms with E-state index in [9.17, 15) is 4.39 Å². The molecular formula is C5H10FNS. The van der Waals surface area contributed by atoms with Crippen LogP contribution < -0.4 is 0 Å². The lowest BCUT2D eigenvalue weighted by Gasteiger charge is -2.07. The van der Waals surface area contributed by atoms with Crippen molar-refractivity contribution in [1.82, 2.24) is 4.31 Å². The van der Waals surface area contributed by atoms with E-state index in [1.165, 1.54) is 0 Å². The zero-order valence-electron chi connectivity index (χ0n) is 4.93. The van der Waals surface area contributed by atoms with Crippen LogP contribution in [0.1, 0.15) is 6.42 Å². The summed E-state index contributed by atoms with van der Waals surface area (Å²) in [6.07, 6.45) is 2.14. The Morgan fingerprint density at radius 3 is 2.75 bits per heavy atom. The van der Waals surface area contributed by atoms with Gasteiger partial charge in [-0.15, -0.1) is 0 Å². The topological polar surface area (TPSA) is 3.24 Å². The van der Waals surface area contributed by atoms with E-state index in [1.54, 1.807) is 11.9 Å². The van der Waals surface area contributed by atoms with E-state index in [0.717, 1.165) is 13.0 Å². The number of nitrogens with zero attached hydrogens (tertiary/aromatic N) is 1. The van der Waals surface area contributed by atoms with Crippen LogP contribution in [-0.2, 0) is 0 Å². The smallest absolute Gasteiger partial charge is 0.115 e. The van der Waals surface area contributed by atoms with Gasteiger partial charge in [-0.2, -0.15) is 0 Å². The molecule has 1 rings (SSSR count). The van der Waals surface area contributed by atoms with Crippen LogP contribution in [0.15, 0.2) is 0 Å². The summed E-state index contributed by atoms with van der Waals surface area (Å²) >= 11 is 1.63. The lowest BCUT2D eigenvalue weighted by atomic mass is 10.4. The van der Waals surface area contributed by atoms with Gasteiger partial charge in [-0.25, -0.2) is 8.70 Å². The van der Waals surface area contributed by atoms with E-state index in [-0.39, 0.29) is 0 Å². The van der Waals surface area contributed by atoms with Gasteiger partial charge in [0, 0.05) is 13.1 Å². The van der Waals surface area contributed by atoms with Crippen LogP contribution in [-0.4, -0.2) is 29.8 Å². The van der Waals surface area contributed by atoms with Crippen molar-refractivity contribution in [3.8, 4) is 0 Å². The molecule has 1 saturated heterocycles. The number of alkyl halides is 1. The summed E-state index contributed by atoms with van der Waals surface area (Å²) in [4.78, 5) is 0. The predicted octanol–water partition coefficient (Wildman–Crippen LogP) is 1.31. The predicted molar refractivity (Wildman–Crippen MR) is 34.6 cm³/mol. The van der Waals surface area contributed by atoms with Crippen LogP contribution in [0, 0.1) is 0 Å². The molecule has 1 fully saturated rings. The maximum absolute atomic E-state index is 12.3. The fourth-order valence-electron chi connectivity index (χ4n) is 0.853. The van der Waals surface area contributed by atoms with E-state index in [2.05, 4.69) is 0 Å². The molecule has 0 aromatic carbocycles. The molecule has 0 spiro atoms. The van der Waals surface area contributed by atoms with Gasteiger partial charge in [0.05, 0.1) is 0 Å². The lowest BCUT2D eigenvalue weighted by molar-refractivity contribution is 0.349. The van der Waals surface area contributed by atoms with Gasteiger partial charge in [0.25, 0.3) is 0 Å². The summed E-state index contributed by atoms with van der Waals surface area (Å²) in [6.45, 7) is 1.55. The van der Waals surface area contributed by atoms with Crippen molar-refractivity contribution < 1.29 is 4.39 Å². The van der Waals surface area contributed by atoms with Crippen molar-refractivity contribution in [2.24, 2.45) is 0 Å². The average molecular weight is 135 g/mol. The normalized spacial score (nSPS) is 31.5. The van der Waals surface area contributed by atoms with Gasteiger partial charge < -0.3 is 0 Å². The molecule has 0 aliphatic carbocycles. The third kappa shape index (κ3) is 1.36.